The maximum Gasteiger partial charge on any atom is 0.228 e. The average Bonchev–Trinajstić information content (AvgIpc) is 2.40. The van der Waals surface area contributed by atoms with Gasteiger partial charge in [-0.1, -0.05) is 18.2 Å². The highest BCUT2D eigenvalue weighted by molar-refractivity contribution is 5.84. The number of anilines is 2. The van der Waals surface area contributed by atoms with E-state index in [4.69, 9.17) is 0 Å². The Labute approximate surface area is 105 Å². The lowest BCUT2D eigenvalue weighted by Gasteiger charge is -2.07. The number of nitrogens with one attached hydrogen (secondary N) is 1. The van der Waals surface area contributed by atoms with Crippen molar-refractivity contribution >= 4 is 22.7 Å². The predicted octanol–water partition coefficient (Wildman–Crippen LogP) is 3.08. The van der Waals surface area contributed by atoms with Crippen molar-refractivity contribution in [3.05, 3.63) is 54.4 Å². The third kappa shape index (κ3) is 2.00. The van der Waals surface area contributed by atoms with E-state index in [9.17, 15) is 0 Å². The van der Waals surface area contributed by atoms with Crippen LogP contribution in [0.2, 0.25) is 0 Å². The van der Waals surface area contributed by atoms with Crippen molar-refractivity contribution in [1.29, 1.82) is 0 Å². The second-order valence-corrected chi connectivity index (χ2v) is 4.04. The second kappa shape index (κ2) is 4.41. The maximum atomic E-state index is 4.54. The van der Waals surface area contributed by atoms with Gasteiger partial charge in [0.15, 0.2) is 0 Å². The summed E-state index contributed by atoms with van der Waals surface area (Å²) >= 11 is 0. The molecule has 3 aromatic rings. The van der Waals surface area contributed by atoms with Gasteiger partial charge in [-0.15, -0.1) is 0 Å². The van der Waals surface area contributed by atoms with Gasteiger partial charge in [0.25, 0.3) is 0 Å². The molecule has 0 unspecified atom stereocenters. The topological polar surface area (TPSA) is 50.7 Å². The highest BCUT2D eigenvalue weighted by Crippen LogP contribution is 2.20. The van der Waals surface area contributed by atoms with Crippen molar-refractivity contribution in [3.63, 3.8) is 0 Å². The van der Waals surface area contributed by atoms with Crippen LogP contribution in [0.5, 0.6) is 0 Å². The minimum Gasteiger partial charge on any atom is -0.309 e. The molecule has 0 aliphatic heterocycles. The first-order valence-corrected chi connectivity index (χ1v) is 5.73. The van der Waals surface area contributed by atoms with Crippen LogP contribution in [0.25, 0.3) is 10.9 Å². The number of benzene rings is 1. The quantitative estimate of drug-likeness (QED) is 0.742. The van der Waals surface area contributed by atoms with E-state index in [-0.39, 0.29) is 0 Å². The van der Waals surface area contributed by atoms with E-state index >= 15 is 0 Å². The molecule has 0 saturated carbocycles. The van der Waals surface area contributed by atoms with E-state index < -0.39 is 0 Å². The van der Waals surface area contributed by atoms with Gasteiger partial charge in [-0.05, 0) is 30.7 Å². The van der Waals surface area contributed by atoms with Gasteiger partial charge < -0.3 is 5.32 Å². The molecule has 3 rings (SSSR count). The standard InChI is InChI=1S/C14H12N4/c1-10-9-13(18-14-15-7-4-8-16-14)17-12-6-3-2-5-11(10)12/h2-9H,1H3,(H,15,16,17,18). The van der Waals surface area contributed by atoms with Crippen molar-refractivity contribution in [2.75, 3.05) is 5.32 Å². The van der Waals surface area contributed by atoms with Gasteiger partial charge in [0.05, 0.1) is 5.52 Å². The van der Waals surface area contributed by atoms with Crippen molar-refractivity contribution < 1.29 is 0 Å². The Bertz CT molecular complexity index is 680. The summed E-state index contributed by atoms with van der Waals surface area (Å²) in [5.74, 6) is 1.32. The van der Waals surface area contributed by atoms with Crippen LogP contribution in [0.15, 0.2) is 48.8 Å². The number of hydrogen-bond donors (Lipinski definition) is 1. The molecule has 0 radical (unpaired) electrons. The summed E-state index contributed by atoms with van der Waals surface area (Å²) < 4.78 is 0. The third-order valence-corrected chi connectivity index (χ3v) is 2.73. The fourth-order valence-electron chi connectivity index (χ4n) is 1.89. The summed E-state index contributed by atoms with van der Waals surface area (Å²) in [6.07, 6.45) is 3.40. The molecule has 1 aromatic carbocycles. The van der Waals surface area contributed by atoms with E-state index in [2.05, 4.69) is 33.3 Å². The first kappa shape index (κ1) is 10.7. The lowest BCUT2D eigenvalue weighted by molar-refractivity contribution is 1.15. The molecule has 2 heterocycles. The monoisotopic (exact) mass is 236 g/mol. The Hall–Kier alpha value is -2.49. The van der Waals surface area contributed by atoms with Crippen LogP contribution in [0.3, 0.4) is 0 Å². The predicted molar refractivity (Wildman–Crippen MR) is 71.8 cm³/mol. The molecule has 0 fully saturated rings. The molecular weight excluding hydrogens is 224 g/mol. The van der Waals surface area contributed by atoms with Crippen LogP contribution in [0.1, 0.15) is 5.56 Å². The molecule has 0 bridgehead atoms. The molecule has 0 saturated heterocycles. The van der Waals surface area contributed by atoms with E-state index in [1.54, 1.807) is 18.5 Å². The normalized spacial score (nSPS) is 10.5. The fraction of sp³-hybridized carbons (Fsp3) is 0.0714. The molecule has 0 amide bonds. The van der Waals surface area contributed by atoms with Gasteiger partial charge >= 0.3 is 0 Å². The summed E-state index contributed by atoms with van der Waals surface area (Å²) in [5, 5.41) is 4.27. The van der Waals surface area contributed by atoms with Crippen LogP contribution in [0, 0.1) is 6.92 Å². The number of hydrogen-bond acceptors (Lipinski definition) is 4. The summed E-state index contributed by atoms with van der Waals surface area (Å²) in [7, 11) is 0. The second-order valence-electron chi connectivity index (χ2n) is 4.04. The van der Waals surface area contributed by atoms with E-state index in [1.165, 1.54) is 5.56 Å². The molecule has 0 aliphatic rings. The first-order valence-electron chi connectivity index (χ1n) is 5.73. The summed E-state index contributed by atoms with van der Waals surface area (Å²) in [6, 6.07) is 11.9. The molecule has 1 N–H and O–H groups in total. The summed E-state index contributed by atoms with van der Waals surface area (Å²) in [6.45, 7) is 2.07. The number of aryl methyl sites for hydroxylation is 1. The zero-order valence-electron chi connectivity index (χ0n) is 9.96. The Morgan fingerprint density at radius 2 is 1.78 bits per heavy atom. The van der Waals surface area contributed by atoms with Gasteiger partial charge in [0.1, 0.15) is 5.82 Å². The Morgan fingerprint density at radius 1 is 1.00 bits per heavy atom. The van der Waals surface area contributed by atoms with E-state index in [0.717, 1.165) is 16.7 Å². The van der Waals surface area contributed by atoms with Crippen LogP contribution < -0.4 is 5.32 Å². The number of nitrogens with zero attached hydrogens (tertiary/aromatic N) is 3. The SMILES string of the molecule is Cc1cc(Nc2ncccn2)nc2ccccc12. The molecule has 0 atom stereocenters. The minimum absolute atomic E-state index is 0.555. The number of para-hydroxylation sites is 1. The molecular formula is C14H12N4. The maximum absolute atomic E-state index is 4.54. The van der Waals surface area contributed by atoms with Gasteiger partial charge in [-0.2, -0.15) is 0 Å². The lowest BCUT2D eigenvalue weighted by atomic mass is 10.1. The van der Waals surface area contributed by atoms with Crippen molar-refractivity contribution in [2.24, 2.45) is 0 Å². The van der Waals surface area contributed by atoms with Crippen LogP contribution in [-0.4, -0.2) is 15.0 Å². The zero-order valence-corrected chi connectivity index (χ0v) is 9.96. The van der Waals surface area contributed by atoms with E-state index in [0.29, 0.717) is 5.95 Å². The summed E-state index contributed by atoms with van der Waals surface area (Å²) in [5.41, 5.74) is 2.15. The number of aromatic nitrogens is 3. The van der Waals surface area contributed by atoms with Crippen LogP contribution in [-0.2, 0) is 0 Å². The smallest absolute Gasteiger partial charge is 0.228 e. The number of pyridine rings is 1. The van der Waals surface area contributed by atoms with Crippen molar-refractivity contribution in [3.8, 4) is 0 Å². The van der Waals surface area contributed by atoms with Gasteiger partial charge in [-0.25, -0.2) is 15.0 Å². The molecule has 4 heteroatoms. The van der Waals surface area contributed by atoms with Gasteiger partial charge in [0, 0.05) is 17.8 Å². The van der Waals surface area contributed by atoms with Crippen molar-refractivity contribution in [2.45, 2.75) is 6.92 Å². The first-order chi connectivity index (χ1) is 8.83. The molecule has 18 heavy (non-hydrogen) atoms. The highest BCUT2D eigenvalue weighted by atomic mass is 15.1. The Morgan fingerprint density at radius 3 is 2.61 bits per heavy atom. The highest BCUT2D eigenvalue weighted by Gasteiger charge is 2.03. The Balaban J connectivity index is 2.03. The zero-order chi connectivity index (χ0) is 12.4. The molecule has 0 aliphatic carbocycles. The molecule has 2 aromatic heterocycles. The van der Waals surface area contributed by atoms with E-state index in [1.807, 2.05) is 24.3 Å². The average molecular weight is 236 g/mol. The van der Waals surface area contributed by atoms with Gasteiger partial charge in [0.2, 0.25) is 5.95 Å². The third-order valence-electron chi connectivity index (χ3n) is 2.73. The van der Waals surface area contributed by atoms with Crippen LogP contribution in [0.4, 0.5) is 11.8 Å². The molecule has 4 nitrogen and oxygen atoms in total. The fourth-order valence-corrected chi connectivity index (χ4v) is 1.89. The minimum atomic E-state index is 0.555. The van der Waals surface area contributed by atoms with Crippen LogP contribution >= 0.6 is 0 Å². The lowest BCUT2D eigenvalue weighted by Crippen LogP contribution is -1.98. The molecule has 88 valence electrons. The number of rotatable bonds is 2. The summed E-state index contributed by atoms with van der Waals surface area (Å²) in [4.78, 5) is 12.8. The number of fused-ring (bicyclic) bond motifs is 1. The molecule has 0 spiro atoms. The Kier molecular flexibility index (Phi) is 2.61. The largest absolute Gasteiger partial charge is 0.309 e. The van der Waals surface area contributed by atoms with Crippen molar-refractivity contribution in [1.82, 2.24) is 15.0 Å². The van der Waals surface area contributed by atoms with Gasteiger partial charge in [-0.3, -0.25) is 0 Å².